The molecule has 0 fully saturated rings. The number of esters is 2. The minimum absolute atomic E-state index is 0.0223. The standard InChI is InChI=1S/C36H42F4O6/c1-3-5-6-7-8-9-12-24-44-28-20-17-26(18-21-28)27-19-22-29(31(37)25-27)34(41)45-32-15-11-10-14-30(32)35(42)46-33(36(38,39)40)16-13-23-43-4-2/h10-11,14-15,17-22,25,33H,3-9,12-13,16,23-24H2,1-2H3. The zero-order valence-electron chi connectivity index (χ0n) is 26.4. The molecular formula is C36H42F4O6. The Morgan fingerprint density at radius 2 is 1.41 bits per heavy atom. The van der Waals surface area contributed by atoms with Crippen LogP contribution in [0.3, 0.4) is 0 Å². The zero-order valence-corrected chi connectivity index (χ0v) is 26.4. The summed E-state index contributed by atoms with van der Waals surface area (Å²) in [5.41, 5.74) is 0.404. The molecule has 3 aromatic rings. The van der Waals surface area contributed by atoms with Crippen molar-refractivity contribution >= 4 is 11.9 Å². The number of ether oxygens (including phenoxy) is 4. The summed E-state index contributed by atoms with van der Waals surface area (Å²) < 4.78 is 76.6. The predicted octanol–water partition coefficient (Wildman–Crippen LogP) is 9.75. The van der Waals surface area contributed by atoms with E-state index in [2.05, 4.69) is 6.92 Å². The van der Waals surface area contributed by atoms with Gasteiger partial charge in [-0.2, -0.15) is 13.2 Å². The van der Waals surface area contributed by atoms with E-state index in [9.17, 15) is 22.8 Å². The van der Waals surface area contributed by atoms with E-state index in [1.165, 1.54) is 68.5 Å². The molecule has 0 amide bonds. The molecule has 0 aliphatic heterocycles. The van der Waals surface area contributed by atoms with Gasteiger partial charge < -0.3 is 18.9 Å². The van der Waals surface area contributed by atoms with E-state index in [0.717, 1.165) is 12.8 Å². The van der Waals surface area contributed by atoms with E-state index < -0.39 is 47.6 Å². The van der Waals surface area contributed by atoms with Crippen molar-refractivity contribution in [3.8, 4) is 22.6 Å². The smallest absolute Gasteiger partial charge is 0.425 e. The fourth-order valence-electron chi connectivity index (χ4n) is 4.73. The number of unbranched alkanes of at least 4 members (excludes halogenated alkanes) is 6. The van der Waals surface area contributed by atoms with Crippen molar-refractivity contribution < 1.29 is 46.1 Å². The minimum atomic E-state index is -4.81. The van der Waals surface area contributed by atoms with Gasteiger partial charge in [0.2, 0.25) is 0 Å². The van der Waals surface area contributed by atoms with Crippen LogP contribution in [0.15, 0.2) is 66.7 Å². The van der Waals surface area contributed by atoms with Crippen LogP contribution in [0.5, 0.6) is 11.5 Å². The molecule has 1 unspecified atom stereocenters. The Morgan fingerprint density at radius 3 is 2.09 bits per heavy atom. The summed E-state index contributed by atoms with van der Waals surface area (Å²) in [7, 11) is 0. The normalized spacial score (nSPS) is 12.0. The highest BCUT2D eigenvalue weighted by molar-refractivity contribution is 5.96. The number of hydrogen-bond donors (Lipinski definition) is 0. The zero-order chi connectivity index (χ0) is 33.4. The minimum Gasteiger partial charge on any atom is -0.494 e. The number of halogens is 4. The van der Waals surface area contributed by atoms with Crippen molar-refractivity contribution in [2.24, 2.45) is 0 Å². The highest BCUT2D eigenvalue weighted by Gasteiger charge is 2.42. The Balaban J connectivity index is 1.60. The Bertz CT molecular complexity index is 1370. The second-order valence-electron chi connectivity index (χ2n) is 10.8. The molecule has 0 radical (unpaired) electrons. The summed E-state index contributed by atoms with van der Waals surface area (Å²) in [6.45, 7) is 4.96. The number of carbonyl (C=O) groups is 2. The number of rotatable bonds is 19. The van der Waals surface area contributed by atoms with E-state index in [1.54, 1.807) is 37.3 Å². The van der Waals surface area contributed by atoms with Gasteiger partial charge in [0.25, 0.3) is 0 Å². The first-order chi connectivity index (χ1) is 22.1. The van der Waals surface area contributed by atoms with E-state index in [0.29, 0.717) is 30.1 Å². The average Bonchev–Trinajstić information content (AvgIpc) is 3.03. The molecule has 0 N–H and O–H groups in total. The van der Waals surface area contributed by atoms with E-state index in [1.807, 2.05) is 0 Å². The summed E-state index contributed by atoms with van der Waals surface area (Å²) in [6, 6.07) is 16.3. The quantitative estimate of drug-likeness (QED) is 0.0559. The Morgan fingerprint density at radius 1 is 0.739 bits per heavy atom. The third-order valence-electron chi connectivity index (χ3n) is 7.28. The van der Waals surface area contributed by atoms with Crippen molar-refractivity contribution in [3.05, 3.63) is 83.7 Å². The molecule has 3 aromatic carbocycles. The van der Waals surface area contributed by atoms with Gasteiger partial charge in [-0.05, 0) is 73.7 Å². The van der Waals surface area contributed by atoms with Crippen molar-refractivity contribution in [2.75, 3.05) is 19.8 Å². The summed E-state index contributed by atoms with van der Waals surface area (Å²) in [6.07, 6.45) is 0.681. The van der Waals surface area contributed by atoms with Crippen LogP contribution in [0.1, 0.15) is 92.4 Å². The predicted molar refractivity (Wildman–Crippen MR) is 168 cm³/mol. The van der Waals surface area contributed by atoms with Gasteiger partial charge in [-0.3, -0.25) is 0 Å². The molecule has 6 nitrogen and oxygen atoms in total. The summed E-state index contributed by atoms with van der Waals surface area (Å²) in [4.78, 5) is 25.6. The maximum atomic E-state index is 15.1. The lowest BCUT2D eigenvalue weighted by atomic mass is 10.0. The summed E-state index contributed by atoms with van der Waals surface area (Å²) in [5, 5.41) is 0. The first-order valence-corrected chi connectivity index (χ1v) is 15.8. The molecule has 0 spiro atoms. The molecule has 3 rings (SSSR count). The maximum absolute atomic E-state index is 15.1. The van der Waals surface area contributed by atoms with Crippen LogP contribution in [0.2, 0.25) is 0 Å². The van der Waals surface area contributed by atoms with Gasteiger partial charge in [0.15, 0.2) is 6.10 Å². The maximum Gasteiger partial charge on any atom is 0.425 e. The van der Waals surface area contributed by atoms with E-state index in [4.69, 9.17) is 18.9 Å². The molecule has 250 valence electrons. The molecule has 0 aromatic heterocycles. The van der Waals surface area contributed by atoms with Crippen molar-refractivity contribution in [1.29, 1.82) is 0 Å². The molecule has 0 bridgehead atoms. The first-order valence-electron chi connectivity index (χ1n) is 15.8. The third-order valence-corrected chi connectivity index (χ3v) is 7.28. The molecule has 0 aliphatic carbocycles. The third kappa shape index (κ3) is 11.8. The molecule has 0 saturated carbocycles. The lowest BCUT2D eigenvalue weighted by Crippen LogP contribution is -2.34. The Labute approximate surface area is 268 Å². The summed E-state index contributed by atoms with van der Waals surface area (Å²) >= 11 is 0. The van der Waals surface area contributed by atoms with Gasteiger partial charge in [-0.25, -0.2) is 14.0 Å². The second-order valence-corrected chi connectivity index (χ2v) is 10.8. The second kappa shape index (κ2) is 18.9. The topological polar surface area (TPSA) is 71.1 Å². The molecule has 10 heteroatoms. The Kier molecular flexibility index (Phi) is 15.0. The fraction of sp³-hybridized carbons (Fsp3) is 0.444. The molecule has 1 atom stereocenters. The molecule has 0 heterocycles. The lowest BCUT2D eigenvalue weighted by molar-refractivity contribution is -0.206. The number of hydrogen-bond acceptors (Lipinski definition) is 6. The number of benzene rings is 3. The van der Waals surface area contributed by atoms with Crippen molar-refractivity contribution in [3.63, 3.8) is 0 Å². The largest absolute Gasteiger partial charge is 0.494 e. The Hall–Kier alpha value is -3.92. The number of carbonyl (C=O) groups excluding carboxylic acids is 2. The fourth-order valence-corrected chi connectivity index (χ4v) is 4.73. The van der Waals surface area contributed by atoms with Crippen molar-refractivity contribution in [2.45, 2.75) is 83.9 Å². The van der Waals surface area contributed by atoms with Gasteiger partial charge in [0.05, 0.1) is 12.2 Å². The summed E-state index contributed by atoms with van der Waals surface area (Å²) in [5.74, 6) is -2.97. The molecule has 0 saturated heterocycles. The average molecular weight is 647 g/mol. The monoisotopic (exact) mass is 646 g/mol. The first kappa shape index (κ1) is 36.5. The van der Waals surface area contributed by atoms with Crippen LogP contribution in [0.4, 0.5) is 17.6 Å². The van der Waals surface area contributed by atoms with Crippen molar-refractivity contribution in [1.82, 2.24) is 0 Å². The SMILES string of the molecule is CCCCCCCCCOc1ccc(-c2ccc(C(=O)Oc3ccccc3C(=O)OC(CCCOCC)C(F)(F)F)c(F)c2)cc1. The lowest BCUT2D eigenvalue weighted by Gasteiger charge is -2.21. The van der Waals surface area contributed by atoms with Crippen LogP contribution >= 0.6 is 0 Å². The number of para-hydroxylation sites is 1. The molecule has 0 aliphatic rings. The van der Waals surface area contributed by atoms with E-state index in [-0.39, 0.29) is 18.8 Å². The highest BCUT2D eigenvalue weighted by atomic mass is 19.4. The highest BCUT2D eigenvalue weighted by Crippen LogP contribution is 2.30. The molecule has 46 heavy (non-hydrogen) atoms. The van der Waals surface area contributed by atoms with Crippen LogP contribution in [-0.2, 0) is 9.47 Å². The van der Waals surface area contributed by atoms with Gasteiger partial charge in [-0.15, -0.1) is 0 Å². The van der Waals surface area contributed by atoms with Gasteiger partial charge in [0.1, 0.15) is 22.9 Å². The van der Waals surface area contributed by atoms with Crippen LogP contribution in [0, 0.1) is 5.82 Å². The van der Waals surface area contributed by atoms with Gasteiger partial charge >= 0.3 is 18.1 Å². The van der Waals surface area contributed by atoms with Crippen LogP contribution in [0.25, 0.3) is 11.1 Å². The van der Waals surface area contributed by atoms with Crippen LogP contribution in [-0.4, -0.2) is 44.0 Å². The number of alkyl halides is 3. The van der Waals surface area contributed by atoms with Gasteiger partial charge in [-0.1, -0.05) is 75.8 Å². The van der Waals surface area contributed by atoms with Gasteiger partial charge in [0, 0.05) is 13.2 Å². The van der Waals surface area contributed by atoms with E-state index >= 15 is 4.39 Å². The molecular weight excluding hydrogens is 604 g/mol. The van der Waals surface area contributed by atoms with Crippen LogP contribution < -0.4 is 9.47 Å².